The van der Waals surface area contributed by atoms with Gasteiger partial charge in [0.15, 0.2) is 6.61 Å². The number of hydrogen-bond acceptors (Lipinski definition) is 4. The third kappa shape index (κ3) is 4.93. The average Bonchev–Trinajstić information content (AvgIpc) is 3.29. The number of halogens is 2. The quantitative estimate of drug-likeness (QED) is 0.765. The van der Waals surface area contributed by atoms with Gasteiger partial charge in [-0.25, -0.2) is 13.8 Å². The summed E-state index contributed by atoms with van der Waals surface area (Å²) < 4.78 is 28.9. The van der Waals surface area contributed by atoms with Crippen LogP contribution in [0.2, 0.25) is 0 Å². The minimum Gasteiger partial charge on any atom is -0.472 e. The summed E-state index contributed by atoms with van der Waals surface area (Å²) in [5.41, 5.74) is 0.304. The van der Waals surface area contributed by atoms with Crippen LogP contribution in [0.5, 0.6) is 5.88 Å². The molecule has 1 heterocycles. The molecule has 0 bridgehead atoms. The molecule has 21 heavy (non-hydrogen) atoms. The van der Waals surface area contributed by atoms with Gasteiger partial charge < -0.3 is 15.2 Å². The van der Waals surface area contributed by atoms with Crippen LogP contribution in [0.4, 0.5) is 8.78 Å². The summed E-state index contributed by atoms with van der Waals surface area (Å²) in [6.07, 6.45) is 1.35. The zero-order valence-corrected chi connectivity index (χ0v) is 11.5. The minimum atomic E-state index is -2.59. The Morgan fingerprint density at radius 2 is 2.29 bits per heavy atom. The molecule has 1 saturated carbocycles. The van der Waals surface area contributed by atoms with E-state index in [9.17, 15) is 13.6 Å². The summed E-state index contributed by atoms with van der Waals surface area (Å²) in [7, 11) is 0. The molecule has 1 aliphatic carbocycles. The number of aliphatic hydroxyl groups excluding tert-OH is 1. The molecule has 0 aromatic carbocycles. The van der Waals surface area contributed by atoms with Crippen molar-refractivity contribution >= 4 is 5.91 Å². The maximum absolute atomic E-state index is 12.1. The van der Waals surface area contributed by atoms with E-state index < -0.39 is 13.0 Å². The number of amides is 1. The van der Waals surface area contributed by atoms with E-state index in [0.717, 1.165) is 12.8 Å². The van der Waals surface area contributed by atoms with Gasteiger partial charge in [-0.3, -0.25) is 4.79 Å². The van der Waals surface area contributed by atoms with E-state index in [4.69, 9.17) is 9.84 Å². The van der Waals surface area contributed by atoms with E-state index in [-0.39, 0.29) is 24.4 Å². The lowest BCUT2D eigenvalue weighted by Crippen LogP contribution is -2.37. The predicted octanol–water partition coefficient (Wildman–Crippen LogP) is 1.62. The molecule has 0 saturated heterocycles. The first-order valence-corrected chi connectivity index (χ1v) is 6.89. The number of aromatic nitrogens is 1. The molecule has 1 aromatic heterocycles. The Morgan fingerprint density at radius 1 is 1.52 bits per heavy atom. The van der Waals surface area contributed by atoms with E-state index in [1.54, 1.807) is 0 Å². The summed E-state index contributed by atoms with van der Waals surface area (Å²) in [6.45, 7) is -0.742. The molecule has 1 atom stereocenters. The first-order chi connectivity index (χ1) is 10.1. The van der Waals surface area contributed by atoms with Crippen molar-refractivity contribution in [1.29, 1.82) is 0 Å². The molecule has 116 valence electrons. The van der Waals surface area contributed by atoms with Gasteiger partial charge >= 0.3 is 0 Å². The van der Waals surface area contributed by atoms with Gasteiger partial charge in [-0.15, -0.1) is 0 Å². The van der Waals surface area contributed by atoms with E-state index in [0.29, 0.717) is 17.9 Å². The van der Waals surface area contributed by atoms with Crippen molar-refractivity contribution in [2.75, 3.05) is 13.2 Å². The number of alkyl halides is 2. The maximum Gasteiger partial charge on any atom is 0.272 e. The van der Waals surface area contributed by atoms with Gasteiger partial charge in [0.1, 0.15) is 0 Å². The molecule has 1 fully saturated rings. The predicted molar refractivity (Wildman–Crippen MR) is 71.4 cm³/mol. The lowest BCUT2D eigenvalue weighted by molar-refractivity contribution is 0.0794. The van der Waals surface area contributed by atoms with Gasteiger partial charge in [0.05, 0.1) is 0 Å². The molecule has 2 rings (SSSR count). The number of pyridine rings is 1. The smallest absolute Gasteiger partial charge is 0.272 e. The molecule has 5 nitrogen and oxygen atoms in total. The Kier molecular flexibility index (Phi) is 5.44. The molecule has 7 heteroatoms. The first kappa shape index (κ1) is 15.6. The summed E-state index contributed by atoms with van der Waals surface area (Å²) >= 11 is 0. The summed E-state index contributed by atoms with van der Waals surface area (Å²) in [5, 5.41) is 11.9. The Bertz CT molecular complexity index is 481. The average molecular weight is 300 g/mol. The molecule has 0 aliphatic heterocycles. The number of hydrogen-bond donors (Lipinski definition) is 2. The second-order valence-corrected chi connectivity index (χ2v) is 5.01. The van der Waals surface area contributed by atoms with E-state index in [1.165, 1.54) is 18.3 Å². The highest BCUT2D eigenvalue weighted by atomic mass is 19.3. The Hall–Kier alpha value is -1.76. The number of carbonyl (C=O) groups excluding carboxylic acids is 1. The maximum atomic E-state index is 12.1. The number of rotatable bonds is 8. The van der Waals surface area contributed by atoms with E-state index in [1.807, 2.05) is 0 Å². The lowest BCUT2D eigenvalue weighted by atomic mass is 10.1. The second-order valence-electron chi connectivity index (χ2n) is 5.01. The molecule has 1 aromatic rings. The standard InChI is InChI=1S/C14H18F2N2O3/c15-12(16)8-21-13-7-10(3-5-17-13)14(20)18-11(4-6-19)9-1-2-9/h3,5,7,9,11-12,19H,1-2,4,6,8H2,(H,18,20). The number of aliphatic hydroxyl groups is 1. The molecule has 1 aliphatic rings. The van der Waals surface area contributed by atoms with Gasteiger partial charge in [-0.1, -0.05) is 0 Å². The van der Waals surface area contributed by atoms with Gasteiger partial charge in [0.25, 0.3) is 12.3 Å². The van der Waals surface area contributed by atoms with E-state index >= 15 is 0 Å². The van der Waals surface area contributed by atoms with Crippen LogP contribution in [0, 0.1) is 5.92 Å². The fourth-order valence-electron chi connectivity index (χ4n) is 2.09. The molecule has 1 amide bonds. The highest BCUT2D eigenvalue weighted by Gasteiger charge is 2.32. The van der Waals surface area contributed by atoms with Crippen LogP contribution in [0.3, 0.4) is 0 Å². The molecular weight excluding hydrogens is 282 g/mol. The Morgan fingerprint density at radius 3 is 2.90 bits per heavy atom. The number of ether oxygens (including phenoxy) is 1. The zero-order valence-electron chi connectivity index (χ0n) is 11.5. The van der Waals surface area contributed by atoms with Crippen LogP contribution in [0.1, 0.15) is 29.6 Å². The minimum absolute atomic E-state index is 0.00641. The van der Waals surface area contributed by atoms with Crippen LogP contribution >= 0.6 is 0 Å². The first-order valence-electron chi connectivity index (χ1n) is 6.89. The lowest BCUT2D eigenvalue weighted by Gasteiger charge is -2.17. The highest BCUT2D eigenvalue weighted by Crippen LogP contribution is 2.34. The summed E-state index contributed by atoms with van der Waals surface area (Å²) in [5.74, 6) is 0.0928. The number of nitrogens with one attached hydrogen (secondary N) is 1. The SMILES string of the molecule is O=C(NC(CCO)C1CC1)c1ccnc(OCC(F)F)c1. The molecule has 1 unspecified atom stereocenters. The van der Waals surface area contributed by atoms with Gasteiger partial charge in [0, 0.05) is 30.5 Å². The summed E-state index contributed by atoms with van der Waals surface area (Å²) in [4.78, 5) is 15.9. The fourth-order valence-corrected chi connectivity index (χ4v) is 2.09. The van der Waals surface area contributed by atoms with Crippen molar-refractivity contribution in [3.8, 4) is 5.88 Å². The molecular formula is C14H18F2N2O3. The monoisotopic (exact) mass is 300 g/mol. The van der Waals surface area contributed by atoms with Gasteiger partial charge in [-0.05, 0) is 31.2 Å². The summed E-state index contributed by atoms with van der Waals surface area (Å²) in [6, 6.07) is 2.77. The topological polar surface area (TPSA) is 71.5 Å². The Labute approximate surface area is 121 Å². The largest absolute Gasteiger partial charge is 0.472 e. The third-order valence-corrected chi connectivity index (χ3v) is 3.30. The van der Waals surface area contributed by atoms with Crippen molar-refractivity contribution in [3.05, 3.63) is 23.9 Å². The normalized spacial score (nSPS) is 15.8. The highest BCUT2D eigenvalue weighted by molar-refractivity contribution is 5.94. The second kappa shape index (κ2) is 7.31. The van der Waals surface area contributed by atoms with Crippen molar-refractivity contribution in [2.45, 2.75) is 31.7 Å². The number of carbonyl (C=O) groups is 1. The van der Waals surface area contributed by atoms with Crippen molar-refractivity contribution in [3.63, 3.8) is 0 Å². The van der Waals surface area contributed by atoms with Gasteiger partial charge in [0.2, 0.25) is 5.88 Å². The van der Waals surface area contributed by atoms with Gasteiger partial charge in [-0.2, -0.15) is 0 Å². The third-order valence-electron chi connectivity index (χ3n) is 3.30. The van der Waals surface area contributed by atoms with Crippen LogP contribution < -0.4 is 10.1 Å². The van der Waals surface area contributed by atoms with E-state index in [2.05, 4.69) is 10.3 Å². The number of nitrogens with zero attached hydrogens (tertiary/aromatic N) is 1. The Balaban J connectivity index is 1.96. The molecule has 0 spiro atoms. The van der Waals surface area contributed by atoms with Crippen molar-refractivity contribution in [2.24, 2.45) is 5.92 Å². The van der Waals surface area contributed by atoms with Crippen LogP contribution in [0.25, 0.3) is 0 Å². The fraction of sp³-hybridized carbons (Fsp3) is 0.571. The zero-order chi connectivity index (χ0) is 15.2. The van der Waals surface area contributed by atoms with Crippen LogP contribution in [0.15, 0.2) is 18.3 Å². The van der Waals surface area contributed by atoms with Crippen molar-refractivity contribution in [1.82, 2.24) is 10.3 Å². The molecule has 0 radical (unpaired) electrons. The van der Waals surface area contributed by atoms with Crippen molar-refractivity contribution < 1.29 is 23.4 Å². The molecule has 2 N–H and O–H groups in total. The van der Waals surface area contributed by atoms with Crippen LogP contribution in [-0.4, -0.2) is 41.7 Å². The van der Waals surface area contributed by atoms with Crippen LogP contribution in [-0.2, 0) is 0 Å².